The number of urea groups is 1. The van der Waals surface area contributed by atoms with Gasteiger partial charge in [0.2, 0.25) is 0 Å². The van der Waals surface area contributed by atoms with Gasteiger partial charge in [0.25, 0.3) is 0 Å². The molecule has 1 aromatic heterocycles. The number of carbonyl (C=O) groups is 1. The van der Waals surface area contributed by atoms with E-state index in [-0.39, 0.29) is 6.03 Å². The lowest BCUT2D eigenvalue weighted by Gasteiger charge is -2.33. The van der Waals surface area contributed by atoms with E-state index in [1.54, 1.807) is 13.2 Å². The molecule has 7 heteroatoms. The van der Waals surface area contributed by atoms with E-state index >= 15 is 0 Å². The van der Waals surface area contributed by atoms with Crippen LogP contribution in [0.3, 0.4) is 0 Å². The van der Waals surface area contributed by atoms with Crippen LogP contribution in [0.15, 0.2) is 42.6 Å². The Morgan fingerprint density at radius 3 is 2.69 bits per heavy atom. The predicted molar refractivity (Wildman–Crippen MR) is 103 cm³/mol. The van der Waals surface area contributed by atoms with Gasteiger partial charge in [-0.3, -0.25) is 0 Å². The topological polar surface area (TPSA) is 69.7 Å². The highest BCUT2D eigenvalue weighted by Crippen LogP contribution is 2.17. The molecule has 0 saturated carbocycles. The highest BCUT2D eigenvalue weighted by molar-refractivity contribution is 5.89. The van der Waals surface area contributed by atoms with Crippen molar-refractivity contribution in [3.63, 3.8) is 0 Å². The molecule has 3 rings (SSSR count). The van der Waals surface area contributed by atoms with Crippen LogP contribution >= 0.6 is 0 Å². The zero-order valence-corrected chi connectivity index (χ0v) is 15.2. The number of rotatable bonds is 5. The highest BCUT2D eigenvalue weighted by atomic mass is 16.5. The van der Waals surface area contributed by atoms with Gasteiger partial charge < -0.3 is 25.2 Å². The van der Waals surface area contributed by atoms with Gasteiger partial charge in [-0.1, -0.05) is 12.1 Å². The molecule has 0 radical (unpaired) electrons. The second-order valence-electron chi connectivity index (χ2n) is 6.35. The van der Waals surface area contributed by atoms with Crippen LogP contribution in [0.1, 0.15) is 5.56 Å². The first kappa shape index (κ1) is 18.0. The maximum atomic E-state index is 12.0. The molecule has 0 bridgehead atoms. The van der Waals surface area contributed by atoms with Crippen molar-refractivity contribution in [1.29, 1.82) is 0 Å². The van der Waals surface area contributed by atoms with Gasteiger partial charge in [-0.15, -0.1) is 0 Å². The summed E-state index contributed by atoms with van der Waals surface area (Å²) in [5, 5.41) is 5.63. The number of nitrogens with one attached hydrogen (secondary N) is 2. The number of pyridine rings is 1. The molecule has 0 aliphatic carbocycles. The van der Waals surface area contributed by atoms with Crippen LogP contribution in [0, 0.1) is 0 Å². The first-order valence-electron chi connectivity index (χ1n) is 8.71. The summed E-state index contributed by atoms with van der Waals surface area (Å²) in [6.07, 6.45) is 1.82. The highest BCUT2D eigenvalue weighted by Gasteiger charge is 2.15. The number of carbonyl (C=O) groups excluding carboxylic acids is 1. The minimum atomic E-state index is -0.263. The van der Waals surface area contributed by atoms with Crippen molar-refractivity contribution in [1.82, 2.24) is 15.2 Å². The van der Waals surface area contributed by atoms with Crippen LogP contribution in [-0.4, -0.2) is 56.3 Å². The molecule has 2 amide bonds. The standard InChI is InChI=1S/C19H25N5O2/c1-23-8-10-24(11-9-23)18-7-6-15(13-20-18)14-21-19(25)22-16-4-3-5-17(12-16)26-2/h3-7,12-13H,8-11,14H2,1-2H3,(H2,21,22,25). The third kappa shape index (κ3) is 4.86. The lowest BCUT2D eigenvalue weighted by atomic mass is 10.2. The molecule has 2 aromatic rings. The molecular weight excluding hydrogens is 330 g/mol. The summed E-state index contributed by atoms with van der Waals surface area (Å²) >= 11 is 0. The Labute approximate surface area is 154 Å². The van der Waals surface area contributed by atoms with Crippen LogP contribution in [0.25, 0.3) is 0 Å². The molecule has 2 heterocycles. The first-order chi connectivity index (χ1) is 12.6. The summed E-state index contributed by atoms with van der Waals surface area (Å²) in [5.41, 5.74) is 1.65. The van der Waals surface area contributed by atoms with Gasteiger partial charge in [-0.05, 0) is 30.8 Å². The first-order valence-corrected chi connectivity index (χ1v) is 8.71. The maximum absolute atomic E-state index is 12.0. The zero-order valence-electron chi connectivity index (χ0n) is 15.2. The third-order valence-corrected chi connectivity index (χ3v) is 4.42. The van der Waals surface area contributed by atoms with Gasteiger partial charge in [0.15, 0.2) is 0 Å². The summed E-state index contributed by atoms with van der Waals surface area (Å²) in [7, 11) is 3.73. The molecule has 1 saturated heterocycles. The number of benzene rings is 1. The molecule has 0 atom stereocenters. The summed E-state index contributed by atoms with van der Waals surface area (Å²) in [6.45, 7) is 4.50. The minimum absolute atomic E-state index is 0.263. The van der Waals surface area contributed by atoms with Crippen LogP contribution in [0.2, 0.25) is 0 Å². The van der Waals surface area contributed by atoms with E-state index in [4.69, 9.17) is 4.74 Å². The van der Waals surface area contributed by atoms with Gasteiger partial charge in [-0.2, -0.15) is 0 Å². The summed E-state index contributed by atoms with van der Waals surface area (Å²) in [4.78, 5) is 21.2. The maximum Gasteiger partial charge on any atom is 0.319 e. The largest absolute Gasteiger partial charge is 0.497 e. The molecule has 7 nitrogen and oxygen atoms in total. The van der Waals surface area contributed by atoms with Gasteiger partial charge in [0.05, 0.1) is 7.11 Å². The number of aromatic nitrogens is 1. The molecule has 1 aliphatic rings. The number of likely N-dealkylation sites (N-methyl/N-ethyl adjacent to an activating group) is 1. The van der Waals surface area contributed by atoms with Crippen molar-refractivity contribution in [2.45, 2.75) is 6.54 Å². The molecule has 2 N–H and O–H groups in total. The van der Waals surface area contributed by atoms with Crippen molar-refractivity contribution in [2.24, 2.45) is 0 Å². The number of hydrogen-bond acceptors (Lipinski definition) is 5. The molecule has 1 aliphatic heterocycles. The Hall–Kier alpha value is -2.80. The van der Waals surface area contributed by atoms with Crippen molar-refractivity contribution in [3.05, 3.63) is 48.2 Å². The van der Waals surface area contributed by atoms with E-state index < -0.39 is 0 Å². The lowest BCUT2D eigenvalue weighted by Crippen LogP contribution is -2.44. The minimum Gasteiger partial charge on any atom is -0.497 e. The summed E-state index contributed by atoms with van der Waals surface area (Å²) < 4.78 is 5.15. The number of ether oxygens (including phenoxy) is 1. The number of amides is 2. The van der Waals surface area contributed by atoms with Crippen molar-refractivity contribution < 1.29 is 9.53 Å². The van der Waals surface area contributed by atoms with Crippen molar-refractivity contribution in [3.8, 4) is 5.75 Å². The Balaban J connectivity index is 1.49. The average molecular weight is 355 g/mol. The Morgan fingerprint density at radius 1 is 1.19 bits per heavy atom. The monoisotopic (exact) mass is 355 g/mol. The van der Waals surface area contributed by atoms with Gasteiger partial charge >= 0.3 is 6.03 Å². The second-order valence-corrected chi connectivity index (χ2v) is 6.35. The van der Waals surface area contributed by atoms with Crippen molar-refractivity contribution in [2.75, 3.05) is 50.6 Å². The summed E-state index contributed by atoms with van der Waals surface area (Å²) in [6, 6.07) is 11.0. The fourth-order valence-corrected chi connectivity index (χ4v) is 2.80. The van der Waals surface area contributed by atoms with Crippen LogP contribution in [0.4, 0.5) is 16.3 Å². The van der Waals surface area contributed by atoms with Gasteiger partial charge in [-0.25, -0.2) is 9.78 Å². The predicted octanol–water partition coefficient (Wildman–Crippen LogP) is 2.16. The van der Waals surface area contributed by atoms with E-state index in [1.807, 2.05) is 36.5 Å². The lowest BCUT2D eigenvalue weighted by molar-refractivity contribution is 0.251. The van der Waals surface area contributed by atoms with E-state index in [9.17, 15) is 4.79 Å². The Morgan fingerprint density at radius 2 is 2.00 bits per heavy atom. The second kappa shape index (κ2) is 8.53. The van der Waals surface area contributed by atoms with Gasteiger partial charge in [0, 0.05) is 50.7 Å². The van der Waals surface area contributed by atoms with Crippen LogP contribution in [-0.2, 0) is 6.54 Å². The van der Waals surface area contributed by atoms with Gasteiger partial charge in [0.1, 0.15) is 11.6 Å². The van der Waals surface area contributed by atoms with Crippen molar-refractivity contribution >= 4 is 17.5 Å². The number of methoxy groups -OCH3 is 1. The van der Waals surface area contributed by atoms with Crippen LogP contribution < -0.4 is 20.3 Å². The molecular formula is C19H25N5O2. The third-order valence-electron chi connectivity index (χ3n) is 4.42. The fraction of sp³-hybridized carbons (Fsp3) is 0.368. The molecule has 26 heavy (non-hydrogen) atoms. The SMILES string of the molecule is COc1cccc(NC(=O)NCc2ccc(N3CCN(C)CC3)nc2)c1. The van der Waals surface area contributed by atoms with E-state index in [2.05, 4.69) is 32.5 Å². The van der Waals surface area contributed by atoms with Crippen LogP contribution in [0.5, 0.6) is 5.75 Å². The number of hydrogen-bond donors (Lipinski definition) is 2. The van der Waals surface area contributed by atoms with E-state index in [0.29, 0.717) is 18.0 Å². The average Bonchev–Trinajstić information content (AvgIpc) is 2.67. The van der Waals surface area contributed by atoms with E-state index in [0.717, 1.165) is 37.6 Å². The fourth-order valence-electron chi connectivity index (χ4n) is 2.80. The number of nitrogens with zero attached hydrogens (tertiary/aromatic N) is 3. The molecule has 1 aromatic carbocycles. The molecule has 138 valence electrons. The zero-order chi connectivity index (χ0) is 18.4. The molecule has 0 spiro atoms. The normalized spacial score (nSPS) is 14.8. The molecule has 1 fully saturated rings. The quantitative estimate of drug-likeness (QED) is 0.860. The number of piperazine rings is 1. The van der Waals surface area contributed by atoms with E-state index in [1.165, 1.54) is 0 Å². The Kier molecular flexibility index (Phi) is 5.91. The Bertz CT molecular complexity index is 727. The summed E-state index contributed by atoms with van der Waals surface area (Å²) in [5.74, 6) is 1.69. The number of anilines is 2. The smallest absolute Gasteiger partial charge is 0.319 e. The molecule has 0 unspecified atom stereocenters.